The van der Waals surface area contributed by atoms with Gasteiger partial charge >= 0.3 is 5.69 Å². The molecular formula is C18H18FN3O3. The van der Waals surface area contributed by atoms with Crippen LogP contribution in [0.25, 0.3) is 11.0 Å². The third-order valence-electron chi connectivity index (χ3n) is 3.99. The van der Waals surface area contributed by atoms with Crippen LogP contribution in [0, 0.1) is 5.82 Å². The molecule has 1 heterocycles. The number of imidazole rings is 1. The van der Waals surface area contributed by atoms with Gasteiger partial charge in [0.05, 0.1) is 11.0 Å². The Morgan fingerprint density at radius 3 is 2.64 bits per heavy atom. The van der Waals surface area contributed by atoms with Gasteiger partial charge in [-0.2, -0.15) is 0 Å². The number of hydrogen-bond acceptors (Lipinski definition) is 3. The second-order valence-corrected chi connectivity index (χ2v) is 5.75. The van der Waals surface area contributed by atoms with Gasteiger partial charge in [-0.3, -0.25) is 13.9 Å². The third kappa shape index (κ3) is 3.55. The number of hydrogen-bond donors (Lipinski definition) is 1. The number of nitrogens with one attached hydrogen (secondary N) is 1. The third-order valence-corrected chi connectivity index (χ3v) is 3.99. The van der Waals surface area contributed by atoms with Crippen molar-refractivity contribution in [1.29, 1.82) is 0 Å². The lowest BCUT2D eigenvalue weighted by molar-refractivity contribution is -0.123. The predicted molar refractivity (Wildman–Crippen MR) is 91.9 cm³/mol. The number of rotatable bonds is 5. The second kappa shape index (κ2) is 6.80. The van der Waals surface area contributed by atoms with Gasteiger partial charge in [-0.25, -0.2) is 9.18 Å². The van der Waals surface area contributed by atoms with E-state index in [1.165, 1.54) is 18.2 Å². The van der Waals surface area contributed by atoms with Gasteiger partial charge in [0.1, 0.15) is 11.6 Å². The number of halogens is 1. The van der Waals surface area contributed by atoms with Gasteiger partial charge in [0, 0.05) is 26.7 Å². The Morgan fingerprint density at radius 1 is 1.12 bits per heavy atom. The summed E-state index contributed by atoms with van der Waals surface area (Å²) < 4.78 is 21.4. The van der Waals surface area contributed by atoms with E-state index in [-0.39, 0.29) is 18.2 Å². The van der Waals surface area contributed by atoms with Crippen molar-refractivity contribution in [3.8, 4) is 5.75 Å². The maximum atomic E-state index is 13.0. The first-order valence-corrected chi connectivity index (χ1v) is 7.75. The minimum absolute atomic E-state index is 0.0975. The first-order valence-electron chi connectivity index (χ1n) is 7.75. The van der Waals surface area contributed by atoms with Crippen molar-refractivity contribution < 1.29 is 13.9 Å². The highest BCUT2D eigenvalue weighted by Crippen LogP contribution is 2.14. The molecule has 3 aromatic rings. The molecule has 0 aliphatic carbocycles. The normalized spacial score (nSPS) is 10.8. The number of aromatic nitrogens is 2. The standard InChI is InChI=1S/C18H18FN3O3/c1-21-15-7-6-12(8-16(15)22(2)18(21)24)10-20-17(23)11-25-14-5-3-4-13(19)9-14/h3-9H,10-11H2,1-2H3,(H,20,23). The lowest BCUT2D eigenvalue weighted by Crippen LogP contribution is -2.28. The molecule has 1 aromatic heterocycles. The summed E-state index contributed by atoms with van der Waals surface area (Å²) in [5.41, 5.74) is 2.40. The largest absolute Gasteiger partial charge is 0.484 e. The van der Waals surface area contributed by atoms with Crippen molar-refractivity contribution in [3.63, 3.8) is 0 Å². The van der Waals surface area contributed by atoms with Crippen LogP contribution < -0.4 is 15.7 Å². The minimum Gasteiger partial charge on any atom is -0.484 e. The van der Waals surface area contributed by atoms with E-state index in [0.29, 0.717) is 12.3 Å². The van der Waals surface area contributed by atoms with Crippen molar-refractivity contribution in [1.82, 2.24) is 14.5 Å². The fraction of sp³-hybridized carbons (Fsp3) is 0.222. The molecule has 3 rings (SSSR count). The van der Waals surface area contributed by atoms with Crippen LogP contribution in [-0.4, -0.2) is 21.6 Å². The molecule has 0 atom stereocenters. The van der Waals surface area contributed by atoms with E-state index in [2.05, 4.69) is 5.32 Å². The van der Waals surface area contributed by atoms with Crippen LogP contribution >= 0.6 is 0 Å². The van der Waals surface area contributed by atoms with E-state index in [0.717, 1.165) is 16.6 Å². The highest BCUT2D eigenvalue weighted by Gasteiger charge is 2.09. The first kappa shape index (κ1) is 16.8. The van der Waals surface area contributed by atoms with Crippen molar-refractivity contribution in [2.75, 3.05) is 6.61 Å². The van der Waals surface area contributed by atoms with Crippen molar-refractivity contribution in [2.24, 2.45) is 14.1 Å². The molecule has 0 radical (unpaired) electrons. The smallest absolute Gasteiger partial charge is 0.328 e. The van der Waals surface area contributed by atoms with E-state index in [9.17, 15) is 14.0 Å². The Balaban J connectivity index is 1.61. The molecule has 0 aliphatic heterocycles. The molecule has 7 heteroatoms. The number of nitrogens with zero attached hydrogens (tertiary/aromatic N) is 2. The molecule has 1 N–H and O–H groups in total. The number of carbonyl (C=O) groups is 1. The molecule has 2 aromatic carbocycles. The fourth-order valence-electron chi connectivity index (χ4n) is 2.62. The Labute approximate surface area is 143 Å². The highest BCUT2D eigenvalue weighted by atomic mass is 19.1. The monoisotopic (exact) mass is 343 g/mol. The average molecular weight is 343 g/mol. The summed E-state index contributed by atoms with van der Waals surface area (Å²) in [4.78, 5) is 23.8. The van der Waals surface area contributed by atoms with E-state index in [1.54, 1.807) is 29.3 Å². The van der Waals surface area contributed by atoms with Crippen molar-refractivity contribution >= 4 is 16.9 Å². The van der Waals surface area contributed by atoms with E-state index >= 15 is 0 Å². The predicted octanol–water partition coefficient (Wildman–Crippen LogP) is 1.71. The highest BCUT2D eigenvalue weighted by molar-refractivity contribution is 5.79. The number of carbonyl (C=O) groups excluding carboxylic acids is 1. The summed E-state index contributed by atoms with van der Waals surface area (Å²) in [6, 6.07) is 11.2. The van der Waals surface area contributed by atoms with Crippen LogP contribution in [0.15, 0.2) is 47.3 Å². The molecule has 6 nitrogen and oxygen atoms in total. The Bertz CT molecular complexity index is 991. The molecule has 25 heavy (non-hydrogen) atoms. The van der Waals surface area contributed by atoms with Crippen LogP contribution in [0.4, 0.5) is 4.39 Å². The van der Waals surface area contributed by atoms with Gasteiger partial charge in [-0.15, -0.1) is 0 Å². The number of ether oxygens (including phenoxy) is 1. The number of benzene rings is 2. The van der Waals surface area contributed by atoms with Crippen LogP contribution in [0.5, 0.6) is 5.75 Å². The molecule has 0 unspecified atom stereocenters. The van der Waals surface area contributed by atoms with Crippen molar-refractivity contribution in [2.45, 2.75) is 6.54 Å². The van der Waals surface area contributed by atoms with Gasteiger partial charge < -0.3 is 10.1 Å². The Morgan fingerprint density at radius 2 is 1.88 bits per heavy atom. The van der Waals surface area contributed by atoms with Crippen LogP contribution in [-0.2, 0) is 25.4 Å². The van der Waals surface area contributed by atoms with E-state index in [1.807, 2.05) is 18.2 Å². The summed E-state index contributed by atoms with van der Waals surface area (Å²) in [6.07, 6.45) is 0. The molecular weight excluding hydrogens is 325 g/mol. The molecule has 0 bridgehead atoms. The maximum Gasteiger partial charge on any atom is 0.328 e. The summed E-state index contributed by atoms with van der Waals surface area (Å²) in [6.45, 7) is 0.111. The summed E-state index contributed by atoms with van der Waals surface area (Å²) in [7, 11) is 3.43. The average Bonchev–Trinajstić information content (AvgIpc) is 2.82. The Kier molecular flexibility index (Phi) is 4.56. The SMILES string of the molecule is Cn1c(=O)n(C)c2cc(CNC(=O)COc3cccc(F)c3)ccc21. The zero-order chi connectivity index (χ0) is 18.0. The van der Waals surface area contributed by atoms with Gasteiger partial charge in [0.2, 0.25) is 0 Å². The molecule has 1 amide bonds. The second-order valence-electron chi connectivity index (χ2n) is 5.75. The molecule has 0 saturated carbocycles. The molecule has 130 valence electrons. The topological polar surface area (TPSA) is 65.3 Å². The maximum absolute atomic E-state index is 13.0. The lowest BCUT2D eigenvalue weighted by atomic mass is 10.2. The quantitative estimate of drug-likeness (QED) is 0.767. The van der Waals surface area contributed by atoms with Gasteiger partial charge in [-0.05, 0) is 29.8 Å². The molecule has 0 spiro atoms. The van der Waals surface area contributed by atoms with Gasteiger partial charge in [0.15, 0.2) is 6.61 Å². The number of amides is 1. The van der Waals surface area contributed by atoms with Crippen LogP contribution in [0.1, 0.15) is 5.56 Å². The van der Waals surface area contributed by atoms with Gasteiger partial charge in [0.25, 0.3) is 5.91 Å². The molecule has 0 aliphatic rings. The fourth-order valence-corrected chi connectivity index (χ4v) is 2.62. The zero-order valence-corrected chi connectivity index (χ0v) is 14.0. The van der Waals surface area contributed by atoms with Crippen molar-refractivity contribution in [3.05, 3.63) is 64.3 Å². The molecule has 0 fully saturated rings. The minimum atomic E-state index is -0.417. The summed E-state index contributed by atoms with van der Waals surface area (Å²) >= 11 is 0. The van der Waals surface area contributed by atoms with E-state index in [4.69, 9.17) is 4.74 Å². The number of aryl methyl sites for hydroxylation is 2. The summed E-state index contributed by atoms with van der Waals surface area (Å²) in [5, 5.41) is 2.74. The lowest BCUT2D eigenvalue weighted by Gasteiger charge is -2.08. The van der Waals surface area contributed by atoms with Gasteiger partial charge in [-0.1, -0.05) is 12.1 Å². The van der Waals surface area contributed by atoms with Crippen LogP contribution in [0.2, 0.25) is 0 Å². The number of fused-ring (bicyclic) bond motifs is 1. The van der Waals surface area contributed by atoms with Crippen LogP contribution in [0.3, 0.4) is 0 Å². The summed E-state index contributed by atoms with van der Waals surface area (Å²) in [5.74, 6) is -0.429. The van der Waals surface area contributed by atoms with E-state index < -0.39 is 5.82 Å². The molecule has 0 saturated heterocycles. The zero-order valence-electron chi connectivity index (χ0n) is 14.0. The Hall–Kier alpha value is -3.09. The first-order chi connectivity index (χ1) is 12.0.